The average Bonchev–Trinajstić information content (AvgIpc) is 2.86. The first-order valence-electron chi connectivity index (χ1n) is 11.4. The summed E-state index contributed by atoms with van der Waals surface area (Å²) in [7, 11) is 0. The number of nitrogens with one attached hydrogen (secondary N) is 1. The Morgan fingerprint density at radius 2 is 1.53 bits per heavy atom. The zero-order valence-electron chi connectivity index (χ0n) is 18.7. The lowest BCUT2D eigenvalue weighted by atomic mass is 10.0. The summed E-state index contributed by atoms with van der Waals surface area (Å²) in [5, 5.41) is 4.95. The van der Waals surface area contributed by atoms with Gasteiger partial charge in [-0.2, -0.15) is 0 Å². The van der Waals surface area contributed by atoms with Crippen LogP contribution in [0.1, 0.15) is 15.9 Å². The van der Waals surface area contributed by atoms with Crippen LogP contribution >= 0.6 is 15.9 Å². The monoisotopic (exact) mass is 517 g/mol. The number of fused-ring (bicyclic) bond motifs is 1. The van der Waals surface area contributed by atoms with Crippen LogP contribution in [0.4, 0.5) is 15.8 Å². The topological polar surface area (TPSA) is 35.6 Å². The highest BCUT2D eigenvalue weighted by molar-refractivity contribution is 9.10. The zero-order valence-corrected chi connectivity index (χ0v) is 20.3. The minimum atomic E-state index is -0.140. The first-order valence-corrected chi connectivity index (χ1v) is 12.2. The van der Waals surface area contributed by atoms with Crippen LogP contribution in [0, 0.1) is 5.82 Å². The van der Waals surface area contributed by atoms with Crippen LogP contribution in [0.2, 0.25) is 0 Å². The van der Waals surface area contributed by atoms with Crippen molar-refractivity contribution in [3.8, 4) is 0 Å². The molecule has 1 amide bonds. The largest absolute Gasteiger partial charge is 0.369 e. The van der Waals surface area contributed by atoms with E-state index in [0.717, 1.165) is 58.4 Å². The summed E-state index contributed by atoms with van der Waals surface area (Å²) >= 11 is 3.56. The second-order valence-electron chi connectivity index (χ2n) is 8.50. The van der Waals surface area contributed by atoms with Gasteiger partial charge in [-0.1, -0.05) is 58.4 Å². The van der Waals surface area contributed by atoms with Crippen molar-refractivity contribution in [3.05, 3.63) is 106 Å². The molecule has 5 rings (SSSR count). The number of halogens is 2. The van der Waals surface area contributed by atoms with Gasteiger partial charge in [0.2, 0.25) is 0 Å². The van der Waals surface area contributed by atoms with Crippen molar-refractivity contribution in [2.24, 2.45) is 0 Å². The smallest absolute Gasteiger partial charge is 0.256 e. The van der Waals surface area contributed by atoms with Gasteiger partial charge in [0.25, 0.3) is 5.91 Å². The van der Waals surface area contributed by atoms with Gasteiger partial charge in [-0.15, -0.1) is 0 Å². The quantitative estimate of drug-likeness (QED) is 0.336. The molecule has 0 bridgehead atoms. The van der Waals surface area contributed by atoms with Crippen molar-refractivity contribution in [2.75, 3.05) is 36.4 Å². The van der Waals surface area contributed by atoms with Gasteiger partial charge in [-0.3, -0.25) is 9.69 Å². The van der Waals surface area contributed by atoms with Crippen LogP contribution in [0.5, 0.6) is 0 Å². The summed E-state index contributed by atoms with van der Waals surface area (Å²) in [6.45, 7) is 4.15. The van der Waals surface area contributed by atoms with E-state index < -0.39 is 0 Å². The van der Waals surface area contributed by atoms with Crippen LogP contribution in [-0.2, 0) is 6.54 Å². The van der Waals surface area contributed by atoms with E-state index in [1.54, 1.807) is 6.07 Å². The van der Waals surface area contributed by atoms with E-state index in [9.17, 15) is 9.18 Å². The second kappa shape index (κ2) is 9.95. The zero-order chi connectivity index (χ0) is 23.5. The van der Waals surface area contributed by atoms with E-state index in [1.165, 1.54) is 6.07 Å². The molecule has 34 heavy (non-hydrogen) atoms. The predicted octanol–water partition coefficient (Wildman–Crippen LogP) is 6.32. The Labute approximate surface area is 207 Å². The number of hydrogen-bond acceptors (Lipinski definition) is 3. The van der Waals surface area contributed by atoms with E-state index in [0.29, 0.717) is 12.1 Å². The fourth-order valence-corrected chi connectivity index (χ4v) is 4.95. The first kappa shape index (κ1) is 22.6. The molecule has 172 valence electrons. The Morgan fingerprint density at radius 3 is 2.29 bits per heavy atom. The molecule has 1 N–H and O–H groups in total. The number of benzene rings is 4. The molecule has 0 atom stereocenters. The van der Waals surface area contributed by atoms with E-state index in [1.807, 2.05) is 72.8 Å². The molecule has 0 unspecified atom stereocenters. The molecular formula is C28H25BrFN3O. The molecule has 0 aliphatic carbocycles. The Kier molecular flexibility index (Phi) is 6.61. The second-order valence-corrected chi connectivity index (χ2v) is 9.35. The normalized spacial score (nSPS) is 14.4. The lowest BCUT2D eigenvalue weighted by molar-refractivity contribution is 0.102. The first-order chi connectivity index (χ1) is 16.6. The lowest BCUT2D eigenvalue weighted by Crippen LogP contribution is -2.46. The van der Waals surface area contributed by atoms with Gasteiger partial charge in [0.15, 0.2) is 0 Å². The van der Waals surface area contributed by atoms with Gasteiger partial charge in [0.1, 0.15) is 5.82 Å². The molecule has 4 aromatic carbocycles. The number of carbonyl (C=O) groups excluding carboxylic acids is 1. The van der Waals surface area contributed by atoms with Gasteiger partial charge in [-0.05, 0) is 53.2 Å². The van der Waals surface area contributed by atoms with Crippen molar-refractivity contribution in [3.63, 3.8) is 0 Å². The van der Waals surface area contributed by atoms with Gasteiger partial charge >= 0.3 is 0 Å². The number of carbonyl (C=O) groups is 1. The highest BCUT2D eigenvalue weighted by Gasteiger charge is 2.18. The number of nitrogens with zero attached hydrogens (tertiary/aromatic N) is 2. The van der Waals surface area contributed by atoms with E-state index in [2.05, 4.69) is 31.0 Å². The molecule has 1 aliphatic rings. The van der Waals surface area contributed by atoms with Crippen molar-refractivity contribution in [2.45, 2.75) is 6.54 Å². The molecule has 1 aliphatic heterocycles. The molecule has 6 heteroatoms. The standard InChI is InChI=1S/C28H25BrFN3O/c29-26-9-4-6-23-24(26)7-3-8-25(23)28(34)31-21-11-13-22(14-12-21)33-17-15-32(16-18-33)19-20-5-1-2-10-27(20)30/h1-14H,15-19H2,(H,31,34). The van der Waals surface area contributed by atoms with E-state index >= 15 is 0 Å². The Bertz CT molecular complexity index is 1320. The maximum atomic E-state index is 13.9. The van der Waals surface area contributed by atoms with Crippen molar-refractivity contribution >= 4 is 44.0 Å². The average molecular weight is 518 g/mol. The van der Waals surface area contributed by atoms with Crippen LogP contribution in [-0.4, -0.2) is 37.0 Å². The fourth-order valence-electron chi connectivity index (χ4n) is 4.46. The summed E-state index contributed by atoms with van der Waals surface area (Å²) in [5.41, 5.74) is 3.28. The summed E-state index contributed by atoms with van der Waals surface area (Å²) in [4.78, 5) is 17.6. The number of rotatable bonds is 5. The van der Waals surface area contributed by atoms with Crippen molar-refractivity contribution in [1.29, 1.82) is 0 Å². The molecule has 1 saturated heterocycles. The third kappa shape index (κ3) is 4.83. The van der Waals surface area contributed by atoms with Crippen LogP contribution in [0.15, 0.2) is 89.4 Å². The van der Waals surface area contributed by atoms with Crippen molar-refractivity contribution < 1.29 is 9.18 Å². The summed E-state index contributed by atoms with van der Waals surface area (Å²) in [6, 6.07) is 26.6. The lowest BCUT2D eigenvalue weighted by Gasteiger charge is -2.36. The highest BCUT2D eigenvalue weighted by atomic mass is 79.9. The van der Waals surface area contributed by atoms with Gasteiger partial charge < -0.3 is 10.2 Å². The maximum Gasteiger partial charge on any atom is 0.256 e. The maximum absolute atomic E-state index is 13.9. The molecule has 1 heterocycles. The molecule has 1 fully saturated rings. The predicted molar refractivity (Wildman–Crippen MR) is 140 cm³/mol. The summed E-state index contributed by atoms with van der Waals surface area (Å²) < 4.78 is 14.9. The number of anilines is 2. The van der Waals surface area contributed by atoms with Crippen LogP contribution in [0.3, 0.4) is 0 Å². The Morgan fingerprint density at radius 1 is 0.824 bits per heavy atom. The SMILES string of the molecule is O=C(Nc1ccc(N2CCN(Cc3ccccc3F)CC2)cc1)c1cccc2c(Br)cccc12. The van der Waals surface area contributed by atoms with Gasteiger partial charge in [0, 0.05) is 59.7 Å². The van der Waals surface area contributed by atoms with E-state index in [4.69, 9.17) is 0 Å². The third-order valence-electron chi connectivity index (χ3n) is 6.33. The molecule has 4 aromatic rings. The molecular weight excluding hydrogens is 493 g/mol. The molecule has 0 radical (unpaired) electrons. The minimum absolute atomic E-state index is 0.127. The molecule has 0 aromatic heterocycles. The Balaban J connectivity index is 1.21. The summed E-state index contributed by atoms with van der Waals surface area (Å²) in [5.74, 6) is -0.267. The van der Waals surface area contributed by atoms with Crippen molar-refractivity contribution in [1.82, 2.24) is 4.90 Å². The fraction of sp³-hybridized carbons (Fsp3) is 0.179. The van der Waals surface area contributed by atoms with Crippen LogP contribution in [0.25, 0.3) is 10.8 Å². The number of piperazine rings is 1. The molecule has 4 nitrogen and oxygen atoms in total. The highest BCUT2D eigenvalue weighted by Crippen LogP contribution is 2.27. The van der Waals surface area contributed by atoms with Gasteiger partial charge in [0.05, 0.1) is 0 Å². The van der Waals surface area contributed by atoms with E-state index in [-0.39, 0.29) is 11.7 Å². The van der Waals surface area contributed by atoms with Gasteiger partial charge in [-0.25, -0.2) is 4.39 Å². The Hall–Kier alpha value is -3.22. The van der Waals surface area contributed by atoms with Crippen LogP contribution < -0.4 is 10.2 Å². The number of hydrogen-bond donors (Lipinski definition) is 1. The third-order valence-corrected chi connectivity index (χ3v) is 7.02. The molecule has 0 spiro atoms. The number of amides is 1. The summed E-state index contributed by atoms with van der Waals surface area (Å²) in [6.07, 6.45) is 0. The molecule has 0 saturated carbocycles. The minimum Gasteiger partial charge on any atom is -0.369 e.